The largest absolute Gasteiger partial charge is 0.395 e. The Balaban J connectivity index is 1.97. The lowest BCUT2D eigenvalue weighted by molar-refractivity contribution is 0.0915. The van der Waals surface area contributed by atoms with Gasteiger partial charge in [0.2, 0.25) is 0 Å². The molecule has 0 saturated heterocycles. The molecular weight excluding hydrogens is 252 g/mol. The summed E-state index contributed by atoms with van der Waals surface area (Å²) in [4.78, 5) is 12.3. The van der Waals surface area contributed by atoms with Crippen molar-refractivity contribution in [3.8, 4) is 0 Å². The molecule has 1 fully saturated rings. The van der Waals surface area contributed by atoms with Crippen LogP contribution in [0.3, 0.4) is 0 Å². The van der Waals surface area contributed by atoms with Crippen LogP contribution in [-0.2, 0) is 6.42 Å². The summed E-state index contributed by atoms with van der Waals surface area (Å²) < 4.78 is 0. The van der Waals surface area contributed by atoms with E-state index in [-0.39, 0.29) is 11.9 Å². The van der Waals surface area contributed by atoms with Gasteiger partial charge in [-0.15, -0.1) is 0 Å². The van der Waals surface area contributed by atoms with Crippen LogP contribution < -0.4 is 11.1 Å². The van der Waals surface area contributed by atoms with Crippen molar-refractivity contribution in [3.05, 3.63) is 11.4 Å². The number of aromatic nitrogens is 2. The molecule has 112 valence electrons. The van der Waals surface area contributed by atoms with Crippen LogP contribution in [0.2, 0.25) is 0 Å². The Morgan fingerprint density at radius 2 is 2.15 bits per heavy atom. The van der Waals surface area contributed by atoms with E-state index in [9.17, 15) is 4.79 Å². The second kappa shape index (κ2) is 6.77. The van der Waals surface area contributed by atoms with Gasteiger partial charge in [-0.3, -0.25) is 9.89 Å². The third-order valence-corrected chi connectivity index (χ3v) is 4.31. The number of hydrogen-bond acceptors (Lipinski definition) is 3. The number of carbonyl (C=O) groups is 1. The summed E-state index contributed by atoms with van der Waals surface area (Å²) >= 11 is 0. The molecule has 0 bridgehead atoms. The molecule has 1 aliphatic rings. The van der Waals surface area contributed by atoms with Gasteiger partial charge in [-0.2, -0.15) is 5.10 Å². The number of nitrogens with zero attached hydrogens (tertiary/aromatic N) is 1. The Hall–Kier alpha value is -1.52. The second-order valence-electron chi connectivity index (χ2n) is 5.87. The minimum Gasteiger partial charge on any atom is -0.395 e. The highest BCUT2D eigenvalue weighted by Gasteiger charge is 2.24. The standard InChI is InChI=1S/C15H26N4O/c1-3-7-12-13(16)14(19-18-12)15(20)17-10(2)11-8-5-4-6-9-11/h10-11H,3-9,16H2,1-2H3,(H,17,20)(H,18,19). The second-order valence-corrected chi connectivity index (χ2v) is 5.87. The molecule has 4 N–H and O–H groups in total. The number of carbonyl (C=O) groups excluding carboxylic acids is 1. The fourth-order valence-corrected chi connectivity index (χ4v) is 3.03. The van der Waals surface area contributed by atoms with Gasteiger partial charge in [0.25, 0.3) is 5.91 Å². The van der Waals surface area contributed by atoms with Gasteiger partial charge in [-0.05, 0) is 32.1 Å². The lowest BCUT2D eigenvalue weighted by atomic mass is 9.84. The summed E-state index contributed by atoms with van der Waals surface area (Å²) in [6.45, 7) is 4.16. The number of aryl methyl sites for hydroxylation is 1. The van der Waals surface area contributed by atoms with E-state index in [0.29, 0.717) is 17.3 Å². The smallest absolute Gasteiger partial charge is 0.274 e. The van der Waals surface area contributed by atoms with Gasteiger partial charge in [0.1, 0.15) is 0 Å². The highest BCUT2D eigenvalue weighted by atomic mass is 16.2. The van der Waals surface area contributed by atoms with Crippen molar-refractivity contribution in [3.63, 3.8) is 0 Å². The summed E-state index contributed by atoms with van der Waals surface area (Å²) in [5.41, 5.74) is 7.70. The molecular formula is C15H26N4O. The Kier molecular flexibility index (Phi) is 5.04. The third kappa shape index (κ3) is 3.32. The van der Waals surface area contributed by atoms with E-state index in [1.807, 2.05) is 0 Å². The lowest BCUT2D eigenvalue weighted by Crippen LogP contribution is -2.39. The molecule has 0 aliphatic heterocycles. The molecule has 0 spiro atoms. The monoisotopic (exact) mass is 278 g/mol. The summed E-state index contributed by atoms with van der Waals surface area (Å²) in [6.07, 6.45) is 8.09. The summed E-state index contributed by atoms with van der Waals surface area (Å²) in [7, 11) is 0. The predicted octanol–water partition coefficient (Wildman–Crippen LogP) is 2.64. The van der Waals surface area contributed by atoms with E-state index in [1.165, 1.54) is 32.1 Å². The Bertz CT molecular complexity index is 449. The number of H-pyrrole nitrogens is 1. The molecule has 1 saturated carbocycles. The van der Waals surface area contributed by atoms with Crippen molar-refractivity contribution in [1.29, 1.82) is 0 Å². The van der Waals surface area contributed by atoms with E-state index in [4.69, 9.17) is 5.73 Å². The first kappa shape index (κ1) is 14.9. The minimum absolute atomic E-state index is 0.154. The molecule has 1 unspecified atom stereocenters. The molecule has 0 aromatic carbocycles. The van der Waals surface area contributed by atoms with E-state index in [2.05, 4.69) is 29.4 Å². The Labute approximate surface area is 120 Å². The first-order chi connectivity index (χ1) is 9.63. The van der Waals surface area contributed by atoms with Crippen molar-refractivity contribution in [2.75, 3.05) is 5.73 Å². The number of amides is 1. The highest BCUT2D eigenvalue weighted by molar-refractivity contribution is 5.97. The van der Waals surface area contributed by atoms with Crippen LogP contribution in [0.15, 0.2) is 0 Å². The molecule has 20 heavy (non-hydrogen) atoms. The number of anilines is 1. The minimum atomic E-state index is -0.154. The van der Waals surface area contributed by atoms with Gasteiger partial charge in [0, 0.05) is 6.04 Å². The molecule has 1 aliphatic carbocycles. The zero-order valence-corrected chi connectivity index (χ0v) is 12.5. The fraction of sp³-hybridized carbons (Fsp3) is 0.733. The maximum Gasteiger partial charge on any atom is 0.274 e. The van der Waals surface area contributed by atoms with Gasteiger partial charge in [0.15, 0.2) is 5.69 Å². The average Bonchev–Trinajstić information content (AvgIpc) is 2.82. The normalized spacial score (nSPS) is 17.9. The van der Waals surface area contributed by atoms with Gasteiger partial charge >= 0.3 is 0 Å². The number of aromatic amines is 1. The van der Waals surface area contributed by atoms with Crippen LogP contribution in [0.5, 0.6) is 0 Å². The number of rotatable bonds is 5. The number of nitrogen functional groups attached to an aromatic ring is 1. The lowest BCUT2D eigenvalue weighted by Gasteiger charge is -2.28. The van der Waals surface area contributed by atoms with Gasteiger partial charge in [0.05, 0.1) is 11.4 Å². The Morgan fingerprint density at radius 1 is 1.45 bits per heavy atom. The molecule has 1 heterocycles. The maximum atomic E-state index is 12.3. The first-order valence-corrected chi connectivity index (χ1v) is 7.77. The quantitative estimate of drug-likeness (QED) is 0.774. The molecule has 2 rings (SSSR count). The number of nitrogens with two attached hydrogens (primary N) is 1. The molecule has 5 heteroatoms. The summed E-state index contributed by atoms with van der Waals surface area (Å²) in [5, 5.41) is 10.0. The van der Waals surface area contributed by atoms with Crippen molar-refractivity contribution < 1.29 is 4.79 Å². The predicted molar refractivity (Wildman–Crippen MR) is 80.5 cm³/mol. The van der Waals surface area contributed by atoms with Crippen LogP contribution in [0, 0.1) is 5.92 Å². The van der Waals surface area contributed by atoms with Crippen LogP contribution in [-0.4, -0.2) is 22.1 Å². The molecule has 1 atom stereocenters. The van der Waals surface area contributed by atoms with Gasteiger partial charge in [-0.25, -0.2) is 0 Å². The van der Waals surface area contributed by atoms with Crippen molar-refractivity contribution in [2.45, 2.75) is 64.8 Å². The number of nitrogens with one attached hydrogen (secondary N) is 2. The van der Waals surface area contributed by atoms with Gasteiger partial charge in [-0.1, -0.05) is 32.6 Å². The van der Waals surface area contributed by atoms with Crippen molar-refractivity contribution >= 4 is 11.6 Å². The molecule has 1 aromatic heterocycles. The van der Waals surface area contributed by atoms with E-state index in [0.717, 1.165) is 18.5 Å². The van der Waals surface area contributed by atoms with E-state index < -0.39 is 0 Å². The molecule has 1 amide bonds. The van der Waals surface area contributed by atoms with Crippen molar-refractivity contribution in [1.82, 2.24) is 15.5 Å². The zero-order chi connectivity index (χ0) is 14.5. The van der Waals surface area contributed by atoms with Crippen molar-refractivity contribution in [2.24, 2.45) is 5.92 Å². The SMILES string of the molecule is CCCc1[nH]nc(C(=O)NC(C)C2CCCCC2)c1N. The average molecular weight is 278 g/mol. The fourth-order valence-electron chi connectivity index (χ4n) is 3.03. The molecule has 1 aromatic rings. The Morgan fingerprint density at radius 3 is 2.80 bits per heavy atom. The summed E-state index contributed by atoms with van der Waals surface area (Å²) in [6, 6.07) is 0.188. The highest BCUT2D eigenvalue weighted by Crippen LogP contribution is 2.26. The summed E-state index contributed by atoms with van der Waals surface area (Å²) in [5.74, 6) is 0.433. The van der Waals surface area contributed by atoms with Gasteiger partial charge < -0.3 is 11.1 Å². The first-order valence-electron chi connectivity index (χ1n) is 7.77. The van der Waals surface area contributed by atoms with E-state index in [1.54, 1.807) is 0 Å². The third-order valence-electron chi connectivity index (χ3n) is 4.31. The van der Waals surface area contributed by atoms with Crippen LogP contribution in [0.25, 0.3) is 0 Å². The molecule has 0 radical (unpaired) electrons. The van der Waals surface area contributed by atoms with Crippen LogP contribution in [0.4, 0.5) is 5.69 Å². The van der Waals surface area contributed by atoms with Crippen LogP contribution in [0.1, 0.15) is 68.6 Å². The maximum absolute atomic E-state index is 12.3. The molecule has 5 nitrogen and oxygen atoms in total. The van der Waals surface area contributed by atoms with Crippen LogP contribution >= 0.6 is 0 Å². The topological polar surface area (TPSA) is 83.8 Å². The van der Waals surface area contributed by atoms with E-state index >= 15 is 0 Å². The number of hydrogen-bond donors (Lipinski definition) is 3. The zero-order valence-electron chi connectivity index (χ0n) is 12.5.